The normalized spacial score (nSPS) is 12.4. The molecule has 2 aromatic carbocycles. The third kappa shape index (κ3) is 8.42. The van der Waals surface area contributed by atoms with Gasteiger partial charge in [0, 0.05) is 12.1 Å². The first-order chi connectivity index (χ1) is 17.2. The fourth-order valence-electron chi connectivity index (χ4n) is 2.80. The van der Waals surface area contributed by atoms with Gasteiger partial charge in [-0.25, -0.2) is 14.7 Å². The quantitative estimate of drug-likeness (QED) is 0.0715. The van der Waals surface area contributed by atoms with Crippen molar-refractivity contribution < 1.29 is 45.5 Å². The highest BCUT2D eigenvalue weighted by atomic mass is 35.5. The van der Waals surface area contributed by atoms with Crippen LogP contribution in [-0.4, -0.2) is 43.7 Å². The Hall–Kier alpha value is -3.72. The van der Waals surface area contributed by atoms with Gasteiger partial charge < -0.3 is 21.1 Å². The Bertz CT molecular complexity index is 1120. The zero-order valence-electron chi connectivity index (χ0n) is 18.6. The van der Waals surface area contributed by atoms with Crippen molar-refractivity contribution in [3.8, 4) is 0 Å². The third-order valence-corrected chi connectivity index (χ3v) is 4.80. The number of halogens is 7. The highest BCUT2D eigenvalue weighted by Gasteiger charge is 2.45. The number of carbonyl (C=O) groups is 2. The molecule has 0 radical (unpaired) electrons. The van der Waals surface area contributed by atoms with E-state index in [1.165, 1.54) is 18.2 Å². The van der Waals surface area contributed by atoms with E-state index in [1.54, 1.807) is 0 Å². The molecule has 0 aliphatic rings. The number of hydrogen-bond acceptors (Lipinski definition) is 6. The van der Waals surface area contributed by atoms with Crippen molar-refractivity contribution in [3.05, 3.63) is 64.4 Å². The van der Waals surface area contributed by atoms with Crippen LogP contribution in [0.4, 0.5) is 32.0 Å². The van der Waals surface area contributed by atoms with Crippen LogP contribution in [0, 0.1) is 11.2 Å². The average molecular weight is 556 g/mol. The number of nitrogens with two attached hydrogens (primary N) is 1. The lowest BCUT2D eigenvalue weighted by Crippen LogP contribution is -2.39. The summed E-state index contributed by atoms with van der Waals surface area (Å²) in [5.41, 5.74) is 4.84. The zero-order valence-corrected chi connectivity index (χ0v) is 19.4. The molecule has 2 rings (SSSR count). The molecule has 16 heteroatoms. The number of hydroxylamine groups is 1. The van der Waals surface area contributed by atoms with Crippen LogP contribution in [0.15, 0.2) is 42.5 Å². The van der Waals surface area contributed by atoms with E-state index in [1.807, 2.05) is 10.8 Å². The molecule has 0 aliphatic carbocycles. The van der Waals surface area contributed by atoms with Crippen molar-refractivity contribution in [1.29, 1.82) is 5.41 Å². The van der Waals surface area contributed by atoms with Crippen molar-refractivity contribution in [2.45, 2.75) is 18.2 Å². The van der Waals surface area contributed by atoms with Crippen LogP contribution in [0.1, 0.15) is 17.2 Å². The molecule has 0 saturated carbocycles. The van der Waals surface area contributed by atoms with Crippen molar-refractivity contribution in [2.75, 3.05) is 25.0 Å². The Kier molecular flexibility index (Phi) is 9.96. The lowest BCUT2D eigenvalue weighted by atomic mass is 10.1. The summed E-state index contributed by atoms with van der Waals surface area (Å²) in [5.74, 6) is -9.83. The summed E-state index contributed by atoms with van der Waals surface area (Å²) in [6.45, 7) is -1.91. The SMILES string of the molecule is N=C(N)NOCCNC(=O)C(OC(=O)C(F)(F)F)c1c(Cl)ccc(NCC(F)(F)c2ccccc2)c1F. The minimum absolute atomic E-state index is 0.363. The number of nitrogens with one attached hydrogen (secondary N) is 4. The Morgan fingerprint density at radius 2 is 1.73 bits per heavy atom. The van der Waals surface area contributed by atoms with Crippen LogP contribution in [0.3, 0.4) is 0 Å². The number of amides is 1. The summed E-state index contributed by atoms with van der Waals surface area (Å²) >= 11 is 5.90. The average Bonchev–Trinajstić information content (AvgIpc) is 2.82. The molecule has 0 aromatic heterocycles. The molecule has 1 unspecified atom stereocenters. The van der Waals surface area contributed by atoms with E-state index in [9.17, 15) is 31.5 Å². The first kappa shape index (κ1) is 29.5. The number of hydrogen-bond donors (Lipinski definition) is 5. The second-order valence-corrected chi connectivity index (χ2v) is 7.59. The zero-order chi connectivity index (χ0) is 27.8. The van der Waals surface area contributed by atoms with Crippen LogP contribution in [0.25, 0.3) is 0 Å². The molecular weight excluding hydrogens is 536 g/mol. The minimum Gasteiger partial charge on any atom is -0.440 e. The maximum Gasteiger partial charge on any atom is 0.490 e. The molecule has 0 fully saturated rings. The summed E-state index contributed by atoms with van der Waals surface area (Å²) in [6, 6.07) is 8.36. The van der Waals surface area contributed by atoms with Gasteiger partial charge in [0.25, 0.3) is 11.8 Å². The van der Waals surface area contributed by atoms with E-state index < -0.39 is 76.8 Å². The van der Waals surface area contributed by atoms with E-state index in [4.69, 9.17) is 22.7 Å². The van der Waals surface area contributed by atoms with Crippen LogP contribution in [-0.2, 0) is 25.1 Å². The largest absolute Gasteiger partial charge is 0.490 e. The number of guanidine groups is 1. The van der Waals surface area contributed by atoms with E-state index in [-0.39, 0.29) is 6.61 Å². The monoisotopic (exact) mass is 555 g/mol. The summed E-state index contributed by atoms with van der Waals surface area (Å²) < 4.78 is 86.9. The lowest BCUT2D eigenvalue weighted by Gasteiger charge is -2.22. The maximum atomic E-state index is 15.3. The lowest BCUT2D eigenvalue weighted by molar-refractivity contribution is -0.205. The van der Waals surface area contributed by atoms with Gasteiger partial charge in [-0.15, -0.1) is 0 Å². The first-order valence-electron chi connectivity index (χ1n) is 10.2. The highest BCUT2D eigenvalue weighted by Crippen LogP contribution is 2.35. The standard InChI is InChI=1S/C21H20ClF6N5O4/c22-12-6-7-13(32-10-20(24,25)11-4-2-1-3-5-11)15(23)14(12)16(37-18(35)21(26,27)28)17(34)31-8-9-36-33-19(29)30/h1-7,16,32H,8-10H2,(H,31,34)(H4,29,30,33). The van der Waals surface area contributed by atoms with Gasteiger partial charge in [0.1, 0.15) is 0 Å². The fraction of sp³-hybridized carbons (Fsp3) is 0.286. The van der Waals surface area contributed by atoms with Gasteiger partial charge in [-0.05, 0) is 12.1 Å². The number of alkyl halides is 5. The number of ether oxygens (including phenoxy) is 1. The number of benzene rings is 2. The van der Waals surface area contributed by atoms with Gasteiger partial charge in [-0.3, -0.25) is 15.0 Å². The fourth-order valence-corrected chi connectivity index (χ4v) is 3.05. The summed E-state index contributed by atoms with van der Waals surface area (Å²) in [6.07, 6.45) is -8.11. The molecule has 0 aliphatic heterocycles. The van der Waals surface area contributed by atoms with E-state index in [0.29, 0.717) is 0 Å². The Labute approximate surface area is 210 Å². The number of carbonyl (C=O) groups excluding carboxylic acids is 2. The topological polar surface area (TPSA) is 139 Å². The van der Waals surface area contributed by atoms with Gasteiger partial charge in [0.15, 0.2) is 5.82 Å². The summed E-state index contributed by atoms with van der Waals surface area (Å²) in [5, 5.41) is 10.4. The van der Waals surface area contributed by atoms with Gasteiger partial charge in [0.2, 0.25) is 12.1 Å². The molecule has 2 aromatic rings. The number of rotatable bonds is 11. The highest BCUT2D eigenvalue weighted by molar-refractivity contribution is 6.31. The Morgan fingerprint density at radius 3 is 2.32 bits per heavy atom. The molecule has 1 amide bonds. The smallest absolute Gasteiger partial charge is 0.440 e. The molecule has 0 bridgehead atoms. The third-order valence-electron chi connectivity index (χ3n) is 4.47. The van der Waals surface area contributed by atoms with E-state index >= 15 is 4.39 Å². The van der Waals surface area contributed by atoms with Gasteiger partial charge in [-0.1, -0.05) is 41.9 Å². The molecule has 1 atom stereocenters. The predicted molar refractivity (Wildman–Crippen MR) is 119 cm³/mol. The van der Waals surface area contributed by atoms with Crippen molar-refractivity contribution in [2.24, 2.45) is 5.73 Å². The number of anilines is 1. The first-order valence-corrected chi connectivity index (χ1v) is 10.5. The van der Waals surface area contributed by atoms with Crippen molar-refractivity contribution >= 4 is 35.1 Å². The molecule has 6 N–H and O–H groups in total. The van der Waals surface area contributed by atoms with Crippen LogP contribution in [0.5, 0.6) is 0 Å². The molecule has 0 saturated heterocycles. The maximum absolute atomic E-state index is 15.3. The molecule has 37 heavy (non-hydrogen) atoms. The Morgan fingerprint density at radius 1 is 1.08 bits per heavy atom. The minimum atomic E-state index is -5.55. The van der Waals surface area contributed by atoms with Crippen LogP contribution in [0.2, 0.25) is 5.02 Å². The molecule has 0 heterocycles. The van der Waals surface area contributed by atoms with Crippen LogP contribution >= 0.6 is 11.6 Å². The van der Waals surface area contributed by atoms with Gasteiger partial charge in [-0.2, -0.15) is 22.0 Å². The van der Waals surface area contributed by atoms with Crippen molar-refractivity contribution in [1.82, 2.24) is 10.8 Å². The summed E-state index contributed by atoms with van der Waals surface area (Å²) in [4.78, 5) is 28.7. The second-order valence-electron chi connectivity index (χ2n) is 7.18. The van der Waals surface area contributed by atoms with Crippen LogP contribution < -0.4 is 21.8 Å². The van der Waals surface area contributed by atoms with Gasteiger partial charge in [0.05, 0.1) is 29.4 Å². The summed E-state index contributed by atoms with van der Waals surface area (Å²) in [7, 11) is 0. The predicted octanol–water partition coefficient (Wildman–Crippen LogP) is 3.36. The van der Waals surface area contributed by atoms with E-state index in [0.717, 1.165) is 24.3 Å². The van der Waals surface area contributed by atoms with Crippen molar-refractivity contribution in [3.63, 3.8) is 0 Å². The molecule has 202 valence electrons. The number of esters is 1. The molecular formula is C21H20ClF6N5O4. The Balaban J connectivity index is 2.31. The molecule has 9 nitrogen and oxygen atoms in total. The second kappa shape index (κ2) is 12.5. The van der Waals surface area contributed by atoms with Gasteiger partial charge >= 0.3 is 12.1 Å². The molecule has 0 spiro atoms. The van der Waals surface area contributed by atoms with E-state index in [2.05, 4.69) is 14.9 Å².